The quantitative estimate of drug-likeness (QED) is 0.682. The lowest BCUT2D eigenvalue weighted by Crippen LogP contribution is -2.12. The van der Waals surface area contributed by atoms with Crippen LogP contribution >= 0.6 is 11.3 Å². The molecule has 0 unspecified atom stereocenters. The van der Waals surface area contributed by atoms with E-state index in [1.54, 1.807) is 0 Å². The maximum absolute atomic E-state index is 13.6. The molecule has 114 valence electrons. The van der Waals surface area contributed by atoms with Crippen molar-refractivity contribution < 1.29 is 26.3 Å². The molecule has 0 amide bonds. The first-order valence-electron chi connectivity index (χ1n) is 5.61. The maximum Gasteiger partial charge on any atom is 0.434 e. The summed E-state index contributed by atoms with van der Waals surface area (Å²) in [5.41, 5.74) is -1.67. The summed E-state index contributed by atoms with van der Waals surface area (Å²) in [7, 11) is 1.44. The lowest BCUT2D eigenvalue weighted by atomic mass is 10.2. The van der Waals surface area contributed by atoms with E-state index >= 15 is 0 Å². The van der Waals surface area contributed by atoms with E-state index in [0.29, 0.717) is 17.4 Å². The molecule has 0 radical (unpaired) electrons. The van der Waals surface area contributed by atoms with Gasteiger partial charge in [0.25, 0.3) is 0 Å². The Labute approximate surface area is 119 Å². The van der Waals surface area contributed by atoms with Crippen LogP contribution in [0.3, 0.4) is 0 Å². The van der Waals surface area contributed by atoms with E-state index in [-0.39, 0.29) is 16.4 Å². The zero-order valence-electron chi connectivity index (χ0n) is 10.5. The zero-order valence-corrected chi connectivity index (χ0v) is 11.3. The predicted octanol–water partition coefficient (Wildman–Crippen LogP) is 3.97. The standard InChI is InChI=1S/C12H8F6N2S/c1-19-4-7-10(12(16,17)18)20-11(21-7)5-2-3-6(13)9(15)8(5)14/h2-3,19H,4H2,1H3. The summed E-state index contributed by atoms with van der Waals surface area (Å²) in [6, 6.07) is 1.50. The summed E-state index contributed by atoms with van der Waals surface area (Å²) in [6.45, 7) is -0.127. The van der Waals surface area contributed by atoms with E-state index in [4.69, 9.17) is 0 Å². The smallest absolute Gasteiger partial charge is 0.315 e. The first kappa shape index (κ1) is 15.8. The Kier molecular flexibility index (Phi) is 4.24. The molecule has 0 saturated heterocycles. The van der Waals surface area contributed by atoms with Crippen LogP contribution < -0.4 is 5.32 Å². The molecule has 0 bridgehead atoms. The molecule has 2 rings (SSSR count). The minimum Gasteiger partial charge on any atom is -0.315 e. The Morgan fingerprint density at radius 1 is 1.14 bits per heavy atom. The summed E-state index contributed by atoms with van der Waals surface area (Å²) in [6.07, 6.45) is -4.71. The second-order valence-electron chi connectivity index (χ2n) is 4.04. The monoisotopic (exact) mass is 326 g/mol. The molecule has 2 nitrogen and oxygen atoms in total. The lowest BCUT2D eigenvalue weighted by molar-refractivity contribution is -0.141. The number of halogens is 6. The Morgan fingerprint density at radius 3 is 2.38 bits per heavy atom. The van der Waals surface area contributed by atoms with E-state index < -0.39 is 34.9 Å². The fourth-order valence-electron chi connectivity index (χ4n) is 1.66. The molecular weight excluding hydrogens is 318 g/mol. The van der Waals surface area contributed by atoms with Gasteiger partial charge in [-0.2, -0.15) is 13.2 Å². The Morgan fingerprint density at radius 2 is 1.81 bits per heavy atom. The van der Waals surface area contributed by atoms with Crippen molar-refractivity contribution in [3.8, 4) is 10.6 Å². The maximum atomic E-state index is 13.6. The van der Waals surface area contributed by atoms with Crippen molar-refractivity contribution in [1.29, 1.82) is 0 Å². The number of alkyl halides is 3. The number of benzene rings is 1. The van der Waals surface area contributed by atoms with Crippen molar-refractivity contribution in [2.24, 2.45) is 0 Å². The van der Waals surface area contributed by atoms with Gasteiger partial charge in [-0.3, -0.25) is 0 Å². The van der Waals surface area contributed by atoms with Crippen molar-refractivity contribution in [2.75, 3.05) is 7.05 Å². The van der Waals surface area contributed by atoms with Crippen LogP contribution in [0.5, 0.6) is 0 Å². The molecule has 1 N–H and O–H groups in total. The summed E-state index contributed by atoms with van der Waals surface area (Å²) in [4.78, 5) is 3.16. The first-order chi connectivity index (χ1) is 9.75. The van der Waals surface area contributed by atoms with E-state index in [0.717, 1.165) is 6.07 Å². The number of hydrogen-bond donors (Lipinski definition) is 1. The zero-order chi connectivity index (χ0) is 15.8. The first-order valence-corrected chi connectivity index (χ1v) is 6.42. The molecule has 2 aromatic rings. The average molecular weight is 326 g/mol. The summed E-state index contributed by atoms with van der Waals surface area (Å²) in [5.74, 6) is -4.72. The van der Waals surface area contributed by atoms with Crippen LogP contribution in [0.4, 0.5) is 26.3 Å². The highest BCUT2D eigenvalue weighted by Gasteiger charge is 2.37. The Bertz CT molecular complexity index is 664. The molecule has 0 aliphatic carbocycles. The second kappa shape index (κ2) is 5.64. The molecular formula is C12H8F6N2S. The Balaban J connectivity index is 2.58. The second-order valence-corrected chi connectivity index (χ2v) is 5.13. The Hall–Kier alpha value is -1.61. The molecule has 21 heavy (non-hydrogen) atoms. The fourth-order valence-corrected chi connectivity index (χ4v) is 2.77. The van der Waals surface area contributed by atoms with E-state index in [2.05, 4.69) is 10.3 Å². The van der Waals surface area contributed by atoms with Crippen molar-refractivity contribution in [3.63, 3.8) is 0 Å². The molecule has 0 aliphatic heterocycles. The van der Waals surface area contributed by atoms with Gasteiger partial charge in [0.1, 0.15) is 5.01 Å². The molecule has 0 fully saturated rings. The molecule has 1 aromatic carbocycles. The van der Waals surface area contributed by atoms with Gasteiger partial charge in [0.05, 0.1) is 4.88 Å². The van der Waals surface area contributed by atoms with Crippen LogP contribution in [0.2, 0.25) is 0 Å². The van der Waals surface area contributed by atoms with Gasteiger partial charge < -0.3 is 5.32 Å². The van der Waals surface area contributed by atoms with Crippen molar-refractivity contribution >= 4 is 11.3 Å². The minimum absolute atomic E-state index is 0.127. The molecule has 9 heteroatoms. The van der Waals surface area contributed by atoms with Crippen molar-refractivity contribution in [2.45, 2.75) is 12.7 Å². The van der Waals surface area contributed by atoms with Gasteiger partial charge in [0.2, 0.25) is 0 Å². The van der Waals surface area contributed by atoms with Gasteiger partial charge in [0, 0.05) is 12.1 Å². The highest BCUT2D eigenvalue weighted by molar-refractivity contribution is 7.15. The van der Waals surface area contributed by atoms with Crippen molar-refractivity contribution in [1.82, 2.24) is 10.3 Å². The number of hydrogen-bond acceptors (Lipinski definition) is 3. The van der Waals surface area contributed by atoms with Gasteiger partial charge in [-0.25, -0.2) is 18.2 Å². The summed E-state index contributed by atoms with van der Waals surface area (Å²) in [5, 5.41) is 2.18. The number of thiazole rings is 1. The number of rotatable bonds is 3. The number of nitrogens with one attached hydrogen (secondary N) is 1. The summed E-state index contributed by atoms with van der Waals surface area (Å²) < 4.78 is 78.1. The highest BCUT2D eigenvalue weighted by Crippen LogP contribution is 2.38. The normalized spacial score (nSPS) is 12.0. The van der Waals surface area contributed by atoms with Crippen LogP contribution in [0.1, 0.15) is 10.6 Å². The topological polar surface area (TPSA) is 24.9 Å². The van der Waals surface area contributed by atoms with Gasteiger partial charge in [0.15, 0.2) is 23.1 Å². The van der Waals surface area contributed by atoms with Gasteiger partial charge in [-0.15, -0.1) is 11.3 Å². The molecule has 0 saturated carbocycles. The molecule has 0 aliphatic rings. The number of aromatic nitrogens is 1. The van der Waals surface area contributed by atoms with Crippen molar-refractivity contribution in [3.05, 3.63) is 40.2 Å². The van der Waals surface area contributed by atoms with Gasteiger partial charge in [-0.1, -0.05) is 0 Å². The van der Waals surface area contributed by atoms with E-state index in [1.165, 1.54) is 7.05 Å². The van der Waals surface area contributed by atoms with Gasteiger partial charge >= 0.3 is 6.18 Å². The molecule has 0 spiro atoms. The third kappa shape index (κ3) is 3.03. The van der Waals surface area contributed by atoms with Crippen LogP contribution in [-0.2, 0) is 12.7 Å². The highest BCUT2D eigenvalue weighted by atomic mass is 32.1. The molecule has 1 heterocycles. The van der Waals surface area contributed by atoms with Crippen LogP contribution in [0.15, 0.2) is 12.1 Å². The summed E-state index contributed by atoms with van der Waals surface area (Å²) >= 11 is 0.570. The van der Waals surface area contributed by atoms with E-state index in [1.807, 2.05) is 0 Å². The molecule has 1 aromatic heterocycles. The minimum atomic E-state index is -4.71. The SMILES string of the molecule is CNCc1sc(-c2ccc(F)c(F)c2F)nc1C(F)(F)F. The third-order valence-electron chi connectivity index (χ3n) is 2.57. The third-order valence-corrected chi connectivity index (χ3v) is 3.66. The van der Waals surface area contributed by atoms with Crippen LogP contribution in [0.25, 0.3) is 10.6 Å². The van der Waals surface area contributed by atoms with Gasteiger partial charge in [-0.05, 0) is 19.2 Å². The van der Waals surface area contributed by atoms with E-state index in [9.17, 15) is 26.3 Å². The lowest BCUT2D eigenvalue weighted by Gasteiger charge is -2.04. The fraction of sp³-hybridized carbons (Fsp3) is 0.250. The van der Waals surface area contributed by atoms with Crippen LogP contribution in [0, 0.1) is 17.5 Å². The average Bonchev–Trinajstić information content (AvgIpc) is 2.80. The number of nitrogens with zero attached hydrogens (tertiary/aromatic N) is 1. The van der Waals surface area contributed by atoms with Crippen LogP contribution in [-0.4, -0.2) is 12.0 Å². The largest absolute Gasteiger partial charge is 0.434 e. The molecule has 0 atom stereocenters. The predicted molar refractivity (Wildman–Crippen MR) is 65.2 cm³/mol.